The molecule has 2 aromatic rings. The zero-order valence-corrected chi connectivity index (χ0v) is 12.1. The lowest BCUT2D eigenvalue weighted by atomic mass is 10.1. The summed E-state index contributed by atoms with van der Waals surface area (Å²) in [7, 11) is 0. The van der Waals surface area contributed by atoms with E-state index in [0.717, 1.165) is 31.5 Å². The van der Waals surface area contributed by atoms with Crippen molar-refractivity contribution in [3.63, 3.8) is 0 Å². The summed E-state index contributed by atoms with van der Waals surface area (Å²) in [5.74, 6) is 0.676. The highest BCUT2D eigenvalue weighted by atomic mass is 19.1. The Balaban J connectivity index is 1.81. The molecule has 1 aliphatic rings. The molecule has 0 saturated carbocycles. The number of rotatable bonds is 3. The predicted molar refractivity (Wildman–Crippen MR) is 82.6 cm³/mol. The van der Waals surface area contributed by atoms with Gasteiger partial charge < -0.3 is 9.32 Å². The third-order valence-electron chi connectivity index (χ3n) is 3.66. The quantitative estimate of drug-likeness (QED) is 0.863. The molecule has 0 atom stereocenters. The van der Waals surface area contributed by atoms with Crippen molar-refractivity contribution in [2.45, 2.75) is 19.3 Å². The number of oxazole rings is 1. The molecule has 0 bridgehead atoms. The molecule has 1 aromatic heterocycles. The molecular weight excluding hydrogens is 281 g/mol. The zero-order chi connectivity index (χ0) is 15.4. The van der Waals surface area contributed by atoms with E-state index in [0.29, 0.717) is 17.5 Å². The molecule has 1 aromatic carbocycles. The fourth-order valence-electron chi connectivity index (χ4n) is 2.53. The maximum atomic E-state index is 12.9. The molecule has 1 aliphatic heterocycles. The van der Waals surface area contributed by atoms with E-state index in [2.05, 4.69) is 16.0 Å². The van der Waals surface area contributed by atoms with E-state index in [-0.39, 0.29) is 5.82 Å². The fourth-order valence-corrected chi connectivity index (χ4v) is 2.53. The molecule has 0 radical (unpaired) electrons. The molecule has 4 nitrogen and oxygen atoms in total. The minimum Gasteiger partial charge on any atom is -0.420 e. The summed E-state index contributed by atoms with van der Waals surface area (Å²) in [5, 5.41) is 9.21. The third-order valence-corrected chi connectivity index (χ3v) is 3.66. The van der Waals surface area contributed by atoms with Crippen LogP contribution >= 0.6 is 0 Å². The number of nitrogens with zero attached hydrogens (tertiary/aromatic N) is 3. The summed E-state index contributed by atoms with van der Waals surface area (Å²) in [6, 6.07) is 8.23. The Kier molecular flexibility index (Phi) is 4.19. The van der Waals surface area contributed by atoms with Crippen molar-refractivity contribution in [3.05, 3.63) is 47.2 Å². The minimum absolute atomic E-state index is 0.271. The van der Waals surface area contributed by atoms with Crippen LogP contribution in [0.3, 0.4) is 0 Å². The van der Waals surface area contributed by atoms with E-state index in [1.165, 1.54) is 18.6 Å². The average molecular weight is 297 g/mol. The van der Waals surface area contributed by atoms with Gasteiger partial charge in [-0.2, -0.15) is 10.2 Å². The Morgan fingerprint density at radius 1 is 1.14 bits per heavy atom. The fraction of sp³-hybridized carbons (Fsp3) is 0.294. The molecule has 3 rings (SSSR count). The Labute approximate surface area is 128 Å². The molecule has 0 aliphatic carbocycles. The van der Waals surface area contributed by atoms with Crippen molar-refractivity contribution in [2.24, 2.45) is 0 Å². The predicted octanol–water partition coefficient (Wildman–Crippen LogP) is 3.85. The van der Waals surface area contributed by atoms with E-state index in [9.17, 15) is 9.65 Å². The molecule has 2 heterocycles. The number of nitriles is 1. The first-order valence-electron chi connectivity index (χ1n) is 7.36. The van der Waals surface area contributed by atoms with E-state index >= 15 is 0 Å². The Bertz CT molecular complexity index is 706. The second-order valence-corrected chi connectivity index (χ2v) is 5.25. The van der Waals surface area contributed by atoms with Crippen LogP contribution in [0.1, 0.15) is 36.4 Å². The maximum absolute atomic E-state index is 12.9. The molecule has 112 valence electrons. The number of aromatic nitrogens is 1. The van der Waals surface area contributed by atoms with Crippen LogP contribution in [-0.2, 0) is 0 Å². The first-order chi connectivity index (χ1) is 10.8. The second-order valence-electron chi connectivity index (χ2n) is 5.25. The van der Waals surface area contributed by atoms with Crippen molar-refractivity contribution in [1.29, 1.82) is 5.26 Å². The molecule has 22 heavy (non-hydrogen) atoms. The van der Waals surface area contributed by atoms with E-state index < -0.39 is 0 Å². The van der Waals surface area contributed by atoms with Crippen LogP contribution < -0.4 is 4.90 Å². The van der Waals surface area contributed by atoms with Crippen molar-refractivity contribution < 1.29 is 8.81 Å². The van der Waals surface area contributed by atoms with Crippen molar-refractivity contribution >= 4 is 18.0 Å². The molecule has 5 heteroatoms. The van der Waals surface area contributed by atoms with Crippen LogP contribution in [0.25, 0.3) is 12.2 Å². The molecule has 0 spiro atoms. The van der Waals surface area contributed by atoms with Gasteiger partial charge in [-0.3, -0.25) is 0 Å². The summed E-state index contributed by atoms with van der Waals surface area (Å²) < 4.78 is 18.6. The topological polar surface area (TPSA) is 53.1 Å². The van der Waals surface area contributed by atoms with Crippen LogP contribution in [0.2, 0.25) is 0 Å². The Morgan fingerprint density at radius 3 is 2.55 bits per heavy atom. The van der Waals surface area contributed by atoms with Gasteiger partial charge in [-0.05, 0) is 43.0 Å². The third kappa shape index (κ3) is 3.17. The van der Waals surface area contributed by atoms with Crippen LogP contribution in [0.4, 0.5) is 10.3 Å². The molecule has 1 saturated heterocycles. The lowest BCUT2D eigenvalue weighted by molar-refractivity contribution is 0.492. The van der Waals surface area contributed by atoms with Gasteiger partial charge in [0.05, 0.1) is 0 Å². The van der Waals surface area contributed by atoms with Gasteiger partial charge in [0, 0.05) is 19.2 Å². The summed E-state index contributed by atoms with van der Waals surface area (Å²) >= 11 is 0. The average Bonchev–Trinajstić information content (AvgIpc) is 2.98. The normalized spacial score (nSPS) is 15.2. The lowest BCUT2D eigenvalue weighted by Crippen LogP contribution is -2.29. The van der Waals surface area contributed by atoms with Crippen LogP contribution in [0.5, 0.6) is 0 Å². The molecular formula is C17H16FN3O. The highest BCUT2D eigenvalue weighted by Crippen LogP contribution is 2.25. The van der Waals surface area contributed by atoms with E-state index in [4.69, 9.17) is 4.42 Å². The lowest BCUT2D eigenvalue weighted by Gasteiger charge is -2.25. The van der Waals surface area contributed by atoms with Crippen LogP contribution in [0.15, 0.2) is 28.7 Å². The van der Waals surface area contributed by atoms with Gasteiger partial charge in [-0.15, -0.1) is 0 Å². The summed E-state index contributed by atoms with van der Waals surface area (Å²) in [6.45, 7) is 1.79. The van der Waals surface area contributed by atoms with E-state index in [1.54, 1.807) is 24.3 Å². The molecule has 0 N–H and O–H groups in total. The Hall–Kier alpha value is -2.61. The minimum atomic E-state index is -0.271. The van der Waals surface area contributed by atoms with Crippen molar-refractivity contribution in [2.75, 3.05) is 18.0 Å². The van der Waals surface area contributed by atoms with Crippen molar-refractivity contribution in [1.82, 2.24) is 4.98 Å². The largest absolute Gasteiger partial charge is 0.420 e. The number of halogens is 1. The SMILES string of the molecule is N#Cc1nc(/C=C/c2ccc(F)cc2)oc1N1CCCCC1. The number of hydrogen-bond donors (Lipinski definition) is 0. The molecule has 1 fully saturated rings. The molecule has 0 unspecified atom stereocenters. The van der Waals surface area contributed by atoms with Gasteiger partial charge in [0.15, 0.2) is 0 Å². The van der Waals surface area contributed by atoms with Crippen LogP contribution in [-0.4, -0.2) is 18.1 Å². The van der Waals surface area contributed by atoms with Gasteiger partial charge in [0.25, 0.3) is 0 Å². The standard InChI is InChI=1S/C17H16FN3O/c18-14-7-4-13(5-8-14)6-9-16-20-15(12-19)17(22-16)21-10-2-1-3-11-21/h4-9H,1-3,10-11H2/b9-6+. The number of hydrogen-bond acceptors (Lipinski definition) is 4. The summed E-state index contributed by atoms with van der Waals surface area (Å²) in [6.07, 6.45) is 6.90. The van der Waals surface area contributed by atoms with Gasteiger partial charge in [0.1, 0.15) is 11.9 Å². The monoisotopic (exact) mass is 297 g/mol. The van der Waals surface area contributed by atoms with Gasteiger partial charge in [0.2, 0.25) is 17.5 Å². The van der Waals surface area contributed by atoms with Gasteiger partial charge in [-0.25, -0.2) is 4.39 Å². The number of benzene rings is 1. The number of anilines is 1. The van der Waals surface area contributed by atoms with Crippen LogP contribution in [0, 0.1) is 17.1 Å². The first kappa shape index (κ1) is 14.3. The highest BCUT2D eigenvalue weighted by Gasteiger charge is 2.20. The first-order valence-corrected chi connectivity index (χ1v) is 7.36. The van der Waals surface area contributed by atoms with Gasteiger partial charge >= 0.3 is 0 Å². The Morgan fingerprint density at radius 2 is 1.86 bits per heavy atom. The zero-order valence-electron chi connectivity index (χ0n) is 12.1. The summed E-state index contributed by atoms with van der Waals surface area (Å²) in [4.78, 5) is 6.28. The second kappa shape index (κ2) is 6.44. The molecule has 0 amide bonds. The highest BCUT2D eigenvalue weighted by molar-refractivity contribution is 5.67. The van der Waals surface area contributed by atoms with Gasteiger partial charge in [-0.1, -0.05) is 12.1 Å². The van der Waals surface area contributed by atoms with E-state index in [1.807, 2.05) is 0 Å². The summed E-state index contributed by atoms with van der Waals surface area (Å²) in [5.41, 5.74) is 1.17. The number of piperidine rings is 1. The smallest absolute Gasteiger partial charge is 0.235 e. The van der Waals surface area contributed by atoms with Crippen molar-refractivity contribution in [3.8, 4) is 6.07 Å². The maximum Gasteiger partial charge on any atom is 0.235 e.